The van der Waals surface area contributed by atoms with Crippen molar-refractivity contribution in [1.29, 1.82) is 0 Å². The van der Waals surface area contributed by atoms with E-state index in [1.807, 2.05) is 31.2 Å². The van der Waals surface area contributed by atoms with Crippen LogP contribution in [0.5, 0.6) is 0 Å². The molecule has 3 aromatic rings. The molecule has 1 atom stereocenters. The largest absolute Gasteiger partial charge is 0.464 e. The van der Waals surface area contributed by atoms with Gasteiger partial charge in [0, 0.05) is 17.1 Å². The Bertz CT molecular complexity index is 1020. The van der Waals surface area contributed by atoms with Crippen LogP contribution in [0.4, 0.5) is 5.69 Å². The predicted octanol–water partition coefficient (Wildman–Crippen LogP) is 4.45. The van der Waals surface area contributed by atoms with E-state index in [-0.39, 0.29) is 17.6 Å². The van der Waals surface area contributed by atoms with Crippen molar-refractivity contribution in [2.45, 2.75) is 58.0 Å². The first-order valence-electron chi connectivity index (χ1n) is 10.6. The van der Waals surface area contributed by atoms with Crippen LogP contribution < -0.4 is 10.2 Å². The van der Waals surface area contributed by atoms with Gasteiger partial charge in [0.05, 0.1) is 0 Å². The molecule has 8 heteroatoms. The van der Waals surface area contributed by atoms with E-state index < -0.39 is 11.9 Å². The van der Waals surface area contributed by atoms with E-state index in [9.17, 15) is 9.59 Å². The van der Waals surface area contributed by atoms with Crippen LogP contribution in [0.2, 0.25) is 0 Å². The Morgan fingerprint density at radius 2 is 1.94 bits per heavy atom. The number of aryl methyl sites for hydroxylation is 2. The summed E-state index contributed by atoms with van der Waals surface area (Å²) in [6, 6.07) is 10.4. The first-order valence-corrected chi connectivity index (χ1v) is 11.5. The lowest BCUT2D eigenvalue weighted by Gasteiger charge is -2.30. The SMILES string of the molecule is CCc1ccc(N(C(=O)c2csnn2)[C@@H](C(=O)NC2CCCC2)c2ccc(C)o2)cc1. The molecule has 1 aliphatic rings. The molecule has 7 nitrogen and oxygen atoms in total. The third-order valence-corrected chi connectivity index (χ3v) is 6.16. The second-order valence-electron chi connectivity index (χ2n) is 7.83. The zero-order valence-electron chi connectivity index (χ0n) is 17.7. The summed E-state index contributed by atoms with van der Waals surface area (Å²) in [7, 11) is 0. The van der Waals surface area contributed by atoms with Crippen molar-refractivity contribution in [3.63, 3.8) is 0 Å². The molecule has 4 rings (SSSR count). The lowest BCUT2D eigenvalue weighted by molar-refractivity contribution is -0.123. The smallest absolute Gasteiger partial charge is 0.280 e. The van der Waals surface area contributed by atoms with Crippen molar-refractivity contribution in [2.75, 3.05) is 4.90 Å². The lowest BCUT2D eigenvalue weighted by Crippen LogP contribution is -2.46. The van der Waals surface area contributed by atoms with Crippen molar-refractivity contribution >= 4 is 29.0 Å². The number of rotatable bonds is 7. The van der Waals surface area contributed by atoms with Crippen LogP contribution in [0.15, 0.2) is 46.2 Å². The molecule has 1 aromatic carbocycles. The number of carbonyl (C=O) groups excluding carboxylic acids is 2. The molecule has 1 N–H and O–H groups in total. The van der Waals surface area contributed by atoms with Gasteiger partial charge in [0.15, 0.2) is 11.7 Å². The number of benzene rings is 1. The van der Waals surface area contributed by atoms with Gasteiger partial charge >= 0.3 is 0 Å². The van der Waals surface area contributed by atoms with Gasteiger partial charge in [-0.05, 0) is 67.5 Å². The fourth-order valence-electron chi connectivity index (χ4n) is 3.98. The number of hydrogen-bond acceptors (Lipinski definition) is 6. The molecule has 162 valence electrons. The van der Waals surface area contributed by atoms with Gasteiger partial charge in [-0.3, -0.25) is 14.5 Å². The van der Waals surface area contributed by atoms with E-state index in [0.29, 0.717) is 17.2 Å². The monoisotopic (exact) mass is 438 g/mol. The Labute approximate surface area is 185 Å². The van der Waals surface area contributed by atoms with Gasteiger partial charge in [0.25, 0.3) is 11.8 Å². The highest BCUT2D eigenvalue weighted by Gasteiger charge is 2.37. The molecular formula is C23H26N4O3S. The summed E-state index contributed by atoms with van der Waals surface area (Å²) in [6.45, 7) is 3.89. The van der Waals surface area contributed by atoms with Crippen molar-refractivity contribution in [1.82, 2.24) is 14.9 Å². The molecule has 2 heterocycles. The normalized spacial score (nSPS) is 15.0. The van der Waals surface area contributed by atoms with Crippen molar-refractivity contribution in [2.24, 2.45) is 0 Å². The third kappa shape index (κ3) is 4.69. The number of nitrogens with one attached hydrogen (secondary N) is 1. The van der Waals surface area contributed by atoms with E-state index in [4.69, 9.17) is 4.42 Å². The van der Waals surface area contributed by atoms with Crippen molar-refractivity contribution in [3.8, 4) is 0 Å². The van der Waals surface area contributed by atoms with Gasteiger partial charge in [-0.1, -0.05) is 36.4 Å². The molecule has 0 spiro atoms. The first kappa shape index (κ1) is 21.2. The standard InChI is InChI=1S/C23H26N4O3S/c1-3-16-9-11-18(12-10-16)27(23(29)19-14-31-26-25-19)21(20-13-8-15(2)30-20)22(28)24-17-6-4-5-7-17/h8-14,17,21H,3-7H2,1-2H3,(H,24,28)/t21-/m1/s1. The Hall–Kier alpha value is -3.00. The highest BCUT2D eigenvalue weighted by Crippen LogP contribution is 2.32. The predicted molar refractivity (Wildman–Crippen MR) is 119 cm³/mol. The Kier molecular flexibility index (Phi) is 6.46. The summed E-state index contributed by atoms with van der Waals surface area (Å²) in [4.78, 5) is 28.5. The molecule has 1 fully saturated rings. The number of amides is 2. The van der Waals surface area contributed by atoms with Gasteiger partial charge in [-0.2, -0.15) is 0 Å². The molecule has 0 radical (unpaired) electrons. The minimum Gasteiger partial charge on any atom is -0.464 e. The third-order valence-electron chi connectivity index (χ3n) is 5.66. The van der Waals surface area contributed by atoms with Crippen LogP contribution in [0.1, 0.15) is 66.2 Å². The molecule has 0 aliphatic heterocycles. The Morgan fingerprint density at radius 1 is 1.19 bits per heavy atom. The molecular weight excluding hydrogens is 412 g/mol. The van der Waals surface area contributed by atoms with E-state index in [0.717, 1.165) is 49.2 Å². The summed E-state index contributed by atoms with van der Waals surface area (Å²) in [5.41, 5.74) is 1.95. The number of hydrogen-bond donors (Lipinski definition) is 1. The summed E-state index contributed by atoms with van der Waals surface area (Å²) in [5.74, 6) is 0.456. The van der Waals surface area contributed by atoms with Gasteiger partial charge in [-0.15, -0.1) is 5.10 Å². The zero-order valence-corrected chi connectivity index (χ0v) is 18.5. The van der Waals surface area contributed by atoms with E-state index in [2.05, 4.69) is 21.8 Å². The van der Waals surface area contributed by atoms with E-state index in [1.54, 1.807) is 17.5 Å². The average molecular weight is 439 g/mol. The topological polar surface area (TPSA) is 88.3 Å². The van der Waals surface area contributed by atoms with Crippen molar-refractivity contribution in [3.05, 3.63) is 64.6 Å². The fraction of sp³-hybridized carbons (Fsp3) is 0.391. The van der Waals surface area contributed by atoms with Gasteiger partial charge in [0.2, 0.25) is 0 Å². The number of aromatic nitrogens is 2. The van der Waals surface area contributed by atoms with Gasteiger partial charge in [0.1, 0.15) is 11.5 Å². The fourth-order valence-corrected chi connectivity index (χ4v) is 4.41. The molecule has 0 unspecified atom stereocenters. The van der Waals surface area contributed by atoms with Crippen LogP contribution in [0.3, 0.4) is 0 Å². The Morgan fingerprint density at radius 3 is 2.52 bits per heavy atom. The number of anilines is 1. The molecule has 1 aliphatic carbocycles. The Balaban J connectivity index is 1.77. The van der Waals surface area contributed by atoms with Crippen LogP contribution in [0.25, 0.3) is 0 Å². The van der Waals surface area contributed by atoms with Crippen LogP contribution in [-0.4, -0.2) is 27.4 Å². The molecule has 2 amide bonds. The highest BCUT2D eigenvalue weighted by atomic mass is 32.1. The van der Waals surface area contributed by atoms with Crippen LogP contribution in [-0.2, 0) is 11.2 Å². The summed E-state index contributed by atoms with van der Waals surface area (Å²) < 4.78 is 9.69. The van der Waals surface area contributed by atoms with E-state index in [1.165, 1.54) is 4.90 Å². The molecule has 0 bridgehead atoms. The maximum Gasteiger partial charge on any atom is 0.280 e. The van der Waals surface area contributed by atoms with Crippen LogP contribution in [0, 0.1) is 6.92 Å². The second-order valence-corrected chi connectivity index (χ2v) is 8.44. The minimum atomic E-state index is -0.948. The highest BCUT2D eigenvalue weighted by molar-refractivity contribution is 7.03. The first-order chi connectivity index (χ1) is 15.1. The summed E-state index contributed by atoms with van der Waals surface area (Å²) in [6.07, 6.45) is 4.98. The molecule has 31 heavy (non-hydrogen) atoms. The lowest BCUT2D eigenvalue weighted by atomic mass is 10.1. The van der Waals surface area contributed by atoms with E-state index >= 15 is 0 Å². The number of nitrogens with zero attached hydrogens (tertiary/aromatic N) is 3. The quantitative estimate of drug-likeness (QED) is 0.589. The minimum absolute atomic E-state index is 0.117. The summed E-state index contributed by atoms with van der Waals surface area (Å²) >= 11 is 1.10. The zero-order chi connectivity index (χ0) is 21.8. The number of carbonyl (C=O) groups is 2. The van der Waals surface area contributed by atoms with Crippen molar-refractivity contribution < 1.29 is 14.0 Å². The average Bonchev–Trinajstić information content (AvgIpc) is 3.55. The van der Waals surface area contributed by atoms with Gasteiger partial charge < -0.3 is 9.73 Å². The van der Waals surface area contributed by atoms with Crippen LogP contribution >= 0.6 is 11.5 Å². The molecule has 2 aromatic heterocycles. The second kappa shape index (κ2) is 9.43. The summed E-state index contributed by atoms with van der Waals surface area (Å²) in [5, 5.41) is 8.68. The molecule has 1 saturated carbocycles. The maximum absolute atomic E-state index is 13.5. The number of furan rings is 1. The molecule has 0 saturated heterocycles. The van der Waals surface area contributed by atoms with Gasteiger partial charge in [-0.25, -0.2) is 0 Å². The maximum atomic E-state index is 13.5.